The molecule has 3 aromatic carbocycles. The van der Waals surface area contributed by atoms with Crippen molar-refractivity contribution in [1.29, 1.82) is 0 Å². The summed E-state index contributed by atoms with van der Waals surface area (Å²) in [5, 5.41) is 3.99. The Kier molecular flexibility index (Phi) is 9.70. The maximum absolute atomic E-state index is 12.5. The van der Waals surface area contributed by atoms with Crippen LogP contribution in [0.4, 0.5) is 5.69 Å². The second-order valence-corrected chi connectivity index (χ2v) is 12.3. The zero-order valence-corrected chi connectivity index (χ0v) is 24.4. The summed E-state index contributed by atoms with van der Waals surface area (Å²) in [7, 11) is -3.52. The van der Waals surface area contributed by atoms with Gasteiger partial charge in [0.25, 0.3) is 5.91 Å². The number of hydrogen-bond acceptors (Lipinski definition) is 7. The number of aryl methyl sites for hydroxylation is 2. The van der Waals surface area contributed by atoms with Crippen LogP contribution in [0.2, 0.25) is 0 Å². The van der Waals surface area contributed by atoms with Crippen LogP contribution in [0.15, 0.2) is 71.8 Å². The summed E-state index contributed by atoms with van der Waals surface area (Å²) in [5.41, 5.74) is 6.40. The van der Waals surface area contributed by atoms with Crippen LogP contribution in [0.3, 0.4) is 0 Å². The lowest BCUT2D eigenvalue weighted by Crippen LogP contribution is -2.29. The van der Waals surface area contributed by atoms with Gasteiger partial charge in [0.05, 0.1) is 24.7 Å². The van der Waals surface area contributed by atoms with E-state index in [9.17, 15) is 18.0 Å². The number of sulfonamides is 1. The van der Waals surface area contributed by atoms with Crippen LogP contribution < -0.4 is 14.5 Å². The van der Waals surface area contributed by atoms with E-state index in [1.54, 1.807) is 75.4 Å². The minimum absolute atomic E-state index is 0.138. The van der Waals surface area contributed by atoms with Gasteiger partial charge < -0.3 is 9.47 Å². The summed E-state index contributed by atoms with van der Waals surface area (Å²) in [4.78, 5) is 24.3. The molecule has 0 aliphatic rings. The number of ether oxygens (including phenoxy) is 2. The second kappa shape index (κ2) is 12.8. The van der Waals surface area contributed by atoms with Crippen LogP contribution in [0.1, 0.15) is 53.4 Å². The average molecular weight is 566 g/mol. The minimum Gasteiger partial charge on any atom is -0.482 e. The fraction of sp³-hybridized carbons (Fsp3) is 0.300. The molecule has 0 aromatic heterocycles. The van der Waals surface area contributed by atoms with Crippen LogP contribution in [0, 0.1) is 13.8 Å². The average Bonchev–Trinajstić information content (AvgIpc) is 2.87. The molecule has 40 heavy (non-hydrogen) atoms. The van der Waals surface area contributed by atoms with Crippen molar-refractivity contribution < 1.29 is 27.5 Å². The van der Waals surface area contributed by atoms with Crippen molar-refractivity contribution >= 4 is 33.8 Å². The zero-order valence-electron chi connectivity index (χ0n) is 23.6. The van der Waals surface area contributed by atoms with Gasteiger partial charge in [-0.25, -0.2) is 18.6 Å². The van der Waals surface area contributed by atoms with Crippen molar-refractivity contribution in [2.45, 2.75) is 46.8 Å². The quantitative estimate of drug-likeness (QED) is 0.216. The molecular weight excluding hydrogens is 530 g/mol. The Labute approximate surface area is 235 Å². The fourth-order valence-electron chi connectivity index (χ4n) is 3.60. The van der Waals surface area contributed by atoms with Gasteiger partial charge in [-0.05, 0) is 105 Å². The molecule has 1 amide bonds. The lowest BCUT2D eigenvalue weighted by molar-refractivity contribution is -0.157. The Balaban J connectivity index is 1.56. The Bertz CT molecular complexity index is 1480. The summed E-state index contributed by atoms with van der Waals surface area (Å²) in [6.45, 7) is 9.21. The highest BCUT2D eigenvalue weighted by molar-refractivity contribution is 7.92. The molecule has 0 saturated heterocycles. The van der Waals surface area contributed by atoms with E-state index >= 15 is 0 Å². The van der Waals surface area contributed by atoms with E-state index in [4.69, 9.17) is 9.47 Å². The molecule has 0 fully saturated rings. The molecular formula is C30H35N3O6S. The van der Waals surface area contributed by atoms with Gasteiger partial charge in [-0.2, -0.15) is 5.10 Å². The van der Waals surface area contributed by atoms with E-state index in [1.807, 2.05) is 26.0 Å². The third-order valence-corrected chi connectivity index (χ3v) is 6.90. The zero-order chi connectivity index (χ0) is 29.5. The highest BCUT2D eigenvalue weighted by Gasteiger charge is 2.19. The van der Waals surface area contributed by atoms with Gasteiger partial charge in [0.1, 0.15) is 11.4 Å². The lowest BCUT2D eigenvalue weighted by atomic mass is 10.1. The van der Waals surface area contributed by atoms with Crippen LogP contribution >= 0.6 is 0 Å². The van der Waals surface area contributed by atoms with Gasteiger partial charge >= 0.3 is 5.97 Å². The van der Waals surface area contributed by atoms with Gasteiger partial charge in [0.2, 0.25) is 10.0 Å². The number of esters is 1. The number of rotatable bonds is 10. The molecule has 9 nitrogen and oxygen atoms in total. The predicted molar refractivity (Wildman–Crippen MR) is 156 cm³/mol. The van der Waals surface area contributed by atoms with Gasteiger partial charge in [0, 0.05) is 5.56 Å². The summed E-state index contributed by atoms with van der Waals surface area (Å²) in [6, 6.07) is 19.0. The van der Waals surface area contributed by atoms with Gasteiger partial charge in [-0.3, -0.25) is 9.10 Å². The Morgan fingerprint density at radius 1 is 0.950 bits per heavy atom. The van der Waals surface area contributed by atoms with E-state index in [-0.39, 0.29) is 13.2 Å². The summed E-state index contributed by atoms with van der Waals surface area (Å²) in [5.74, 6) is -0.365. The number of nitrogens with zero attached hydrogens (tertiary/aromatic N) is 2. The standard InChI is InChI=1S/C30H35N3O6S/c1-21-7-14-26(17-22(21)2)33(40(6,36)37)19-24-8-12-25(13-9-24)29(35)32-31-18-23-10-15-27(16-11-23)38-20-28(34)39-30(3,4)5/h7-18H,19-20H2,1-6H3,(H,32,35)/b31-18-. The molecule has 0 aliphatic carbocycles. The van der Waals surface area contributed by atoms with E-state index in [0.29, 0.717) is 22.6 Å². The molecule has 0 bridgehead atoms. The van der Waals surface area contributed by atoms with Crippen molar-refractivity contribution in [1.82, 2.24) is 5.43 Å². The van der Waals surface area contributed by atoms with Crippen molar-refractivity contribution in [3.8, 4) is 5.75 Å². The largest absolute Gasteiger partial charge is 0.482 e. The third kappa shape index (κ3) is 9.23. The van der Waals surface area contributed by atoms with E-state index in [0.717, 1.165) is 16.7 Å². The topological polar surface area (TPSA) is 114 Å². The smallest absolute Gasteiger partial charge is 0.344 e. The first kappa shape index (κ1) is 30.4. The van der Waals surface area contributed by atoms with Gasteiger partial charge in [-0.1, -0.05) is 18.2 Å². The highest BCUT2D eigenvalue weighted by Crippen LogP contribution is 2.23. The molecule has 10 heteroatoms. The molecule has 0 aliphatic heterocycles. The molecule has 0 radical (unpaired) electrons. The molecule has 0 saturated carbocycles. The maximum atomic E-state index is 12.5. The number of hydrogen-bond donors (Lipinski definition) is 1. The number of hydrazone groups is 1. The lowest BCUT2D eigenvalue weighted by Gasteiger charge is -2.23. The van der Waals surface area contributed by atoms with Crippen LogP contribution in [0.25, 0.3) is 0 Å². The molecule has 0 heterocycles. The van der Waals surface area contributed by atoms with Gasteiger partial charge in [-0.15, -0.1) is 0 Å². The van der Waals surface area contributed by atoms with E-state index in [1.165, 1.54) is 16.8 Å². The summed E-state index contributed by atoms with van der Waals surface area (Å²) >= 11 is 0. The maximum Gasteiger partial charge on any atom is 0.344 e. The van der Waals surface area contributed by atoms with Crippen LogP contribution in [-0.2, 0) is 26.1 Å². The molecule has 0 atom stereocenters. The minimum atomic E-state index is -3.52. The molecule has 0 unspecified atom stereocenters. The third-order valence-electron chi connectivity index (χ3n) is 5.76. The van der Waals surface area contributed by atoms with Crippen LogP contribution in [-0.4, -0.2) is 45.0 Å². The summed E-state index contributed by atoms with van der Waals surface area (Å²) < 4.78 is 37.0. The van der Waals surface area contributed by atoms with Crippen molar-refractivity contribution in [3.63, 3.8) is 0 Å². The van der Waals surface area contributed by atoms with Crippen molar-refractivity contribution in [2.75, 3.05) is 17.2 Å². The summed E-state index contributed by atoms with van der Waals surface area (Å²) in [6.07, 6.45) is 2.66. The molecule has 3 aromatic rings. The Morgan fingerprint density at radius 2 is 1.60 bits per heavy atom. The number of carbonyl (C=O) groups is 2. The van der Waals surface area contributed by atoms with E-state index in [2.05, 4.69) is 10.5 Å². The molecule has 0 spiro atoms. The molecule has 1 N–H and O–H groups in total. The van der Waals surface area contributed by atoms with E-state index < -0.39 is 27.5 Å². The molecule has 3 rings (SSSR count). The monoisotopic (exact) mass is 565 g/mol. The first-order valence-electron chi connectivity index (χ1n) is 12.6. The fourth-order valence-corrected chi connectivity index (χ4v) is 4.48. The second-order valence-electron chi connectivity index (χ2n) is 10.4. The highest BCUT2D eigenvalue weighted by atomic mass is 32.2. The number of carbonyl (C=O) groups excluding carboxylic acids is 2. The predicted octanol–water partition coefficient (Wildman–Crippen LogP) is 4.75. The van der Waals surface area contributed by atoms with Crippen molar-refractivity contribution in [2.24, 2.45) is 5.10 Å². The number of anilines is 1. The normalized spacial score (nSPS) is 11.8. The SMILES string of the molecule is Cc1ccc(N(Cc2ccc(C(=O)N/N=C\c3ccc(OCC(=O)OC(C)(C)C)cc3)cc2)S(C)(=O)=O)cc1C. The Hall–Kier alpha value is -4.18. The first-order valence-corrected chi connectivity index (χ1v) is 14.5. The first-order chi connectivity index (χ1) is 18.7. The van der Waals surface area contributed by atoms with Crippen LogP contribution in [0.5, 0.6) is 5.75 Å². The molecule has 212 valence electrons. The number of amides is 1. The van der Waals surface area contributed by atoms with Crippen molar-refractivity contribution in [3.05, 3.63) is 94.5 Å². The number of benzene rings is 3. The van der Waals surface area contributed by atoms with Gasteiger partial charge in [0.15, 0.2) is 6.61 Å². The Morgan fingerprint density at radius 3 is 2.17 bits per heavy atom. The number of nitrogens with one attached hydrogen (secondary N) is 1.